The lowest BCUT2D eigenvalue weighted by atomic mass is 9.85. The van der Waals surface area contributed by atoms with Gasteiger partial charge in [-0.2, -0.15) is 0 Å². The molecule has 1 heterocycles. The lowest BCUT2D eigenvalue weighted by molar-refractivity contribution is -0.134. The molecule has 3 aliphatic rings. The summed E-state index contributed by atoms with van der Waals surface area (Å²) in [5.74, 6) is 0.948. The van der Waals surface area contributed by atoms with Crippen molar-refractivity contribution in [1.82, 2.24) is 10.2 Å². The predicted molar refractivity (Wildman–Crippen MR) is 69.1 cm³/mol. The summed E-state index contributed by atoms with van der Waals surface area (Å²) >= 11 is 0. The maximum absolute atomic E-state index is 12.5. The van der Waals surface area contributed by atoms with Crippen LogP contribution in [0.1, 0.15) is 44.9 Å². The van der Waals surface area contributed by atoms with E-state index in [2.05, 4.69) is 5.32 Å². The van der Waals surface area contributed by atoms with Gasteiger partial charge >= 0.3 is 0 Å². The van der Waals surface area contributed by atoms with E-state index in [4.69, 9.17) is 5.11 Å². The van der Waals surface area contributed by atoms with Gasteiger partial charge in [-0.05, 0) is 38.0 Å². The van der Waals surface area contributed by atoms with Crippen molar-refractivity contribution in [2.24, 2.45) is 5.92 Å². The average molecular weight is 252 g/mol. The molecule has 2 N–H and O–H groups in total. The molecule has 2 aliphatic carbocycles. The molecule has 4 heteroatoms. The highest BCUT2D eigenvalue weighted by atomic mass is 16.3. The maximum atomic E-state index is 12.5. The molecule has 4 nitrogen and oxygen atoms in total. The van der Waals surface area contributed by atoms with Gasteiger partial charge in [-0.1, -0.05) is 12.8 Å². The van der Waals surface area contributed by atoms with Crippen LogP contribution in [0, 0.1) is 5.92 Å². The maximum Gasteiger partial charge on any atom is 0.240 e. The molecule has 1 aliphatic heterocycles. The van der Waals surface area contributed by atoms with Crippen LogP contribution < -0.4 is 5.32 Å². The lowest BCUT2D eigenvalue weighted by Crippen LogP contribution is -2.47. The fourth-order valence-corrected chi connectivity index (χ4v) is 3.68. The summed E-state index contributed by atoms with van der Waals surface area (Å²) in [5, 5.41) is 12.6. The van der Waals surface area contributed by atoms with E-state index < -0.39 is 0 Å². The molecular formula is C14H24N2O2. The fourth-order valence-electron chi connectivity index (χ4n) is 3.68. The molecule has 0 aromatic carbocycles. The van der Waals surface area contributed by atoms with Gasteiger partial charge in [-0.25, -0.2) is 0 Å². The number of carbonyl (C=O) groups excluding carboxylic acids is 1. The van der Waals surface area contributed by atoms with E-state index in [1.54, 1.807) is 0 Å². The number of carbonyl (C=O) groups is 1. The third-order valence-corrected chi connectivity index (χ3v) is 4.77. The zero-order chi connectivity index (χ0) is 12.5. The van der Waals surface area contributed by atoms with Crippen LogP contribution in [0.3, 0.4) is 0 Å². The smallest absolute Gasteiger partial charge is 0.240 e. The van der Waals surface area contributed by atoms with Crippen molar-refractivity contribution in [2.45, 2.75) is 63.1 Å². The number of hydrogen-bond acceptors (Lipinski definition) is 3. The molecule has 3 unspecified atom stereocenters. The molecule has 3 rings (SSSR count). The Labute approximate surface area is 109 Å². The molecule has 0 aromatic heterocycles. The van der Waals surface area contributed by atoms with Gasteiger partial charge in [0.2, 0.25) is 5.91 Å². The molecule has 3 fully saturated rings. The van der Waals surface area contributed by atoms with Gasteiger partial charge in [0.1, 0.15) is 0 Å². The summed E-state index contributed by atoms with van der Waals surface area (Å²) in [5.41, 5.74) is 0. The van der Waals surface area contributed by atoms with Crippen LogP contribution in [0.5, 0.6) is 0 Å². The third kappa shape index (κ3) is 2.41. The zero-order valence-corrected chi connectivity index (χ0v) is 11.0. The van der Waals surface area contributed by atoms with Crippen LogP contribution in [-0.4, -0.2) is 47.2 Å². The number of aliphatic hydroxyl groups excluding tert-OH is 1. The Morgan fingerprint density at radius 2 is 2.00 bits per heavy atom. The standard InChI is InChI=1S/C14H24N2O2/c17-8-7-16(11-5-6-11)14(18)13-9-10-3-1-2-4-12(10)15-13/h10-13,15,17H,1-9H2. The second-order valence-electron chi connectivity index (χ2n) is 6.09. The summed E-state index contributed by atoms with van der Waals surface area (Å²) in [6.45, 7) is 0.596. The minimum Gasteiger partial charge on any atom is -0.395 e. The van der Waals surface area contributed by atoms with E-state index in [1.165, 1.54) is 25.7 Å². The number of aliphatic hydroxyl groups is 1. The molecule has 3 atom stereocenters. The van der Waals surface area contributed by atoms with Crippen molar-refractivity contribution in [3.8, 4) is 0 Å². The Hall–Kier alpha value is -0.610. The van der Waals surface area contributed by atoms with Gasteiger partial charge in [0.15, 0.2) is 0 Å². The highest BCUT2D eigenvalue weighted by Crippen LogP contribution is 2.35. The van der Waals surface area contributed by atoms with Crippen LogP contribution in [-0.2, 0) is 4.79 Å². The van der Waals surface area contributed by atoms with Crippen molar-refractivity contribution >= 4 is 5.91 Å². The van der Waals surface area contributed by atoms with E-state index in [1.807, 2.05) is 4.90 Å². The molecule has 0 bridgehead atoms. The normalized spacial score (nSPS) is 35.3. The highest BCUT2D eigenvalue weighted by molar-refractivity contribution is 5.83. The summed E-state index contributed by atoms with van der Waals surface area (Å²) in [6, 6.07) is 1.00. The summed E-state index contributed by atoms with van der Waals surface area (Å²) < 4.78 is 0. The minimum atomic E-state index is 0.0187. The zero-order valence-electron chi connectivity index (χ0n) is 11.0. The Kier molecular flexibility index (Phi) is 3.57. The van der Waals surface area contributed by atoms with E-state index in [0.717, 1.165) is 19.3 Å². The Bertz CT molecular complexity index is 303. The van der Waals surface area contributed by atoms with E-state index in [-0.39, 0.29) is 18.6 Å². The molecule has 102 valence electrons. The molecule has 0 radical (unpaired) electrons. The van der Waals surface area contributed by atoms with Crippen molar-refractivity contribution in [1.29, 1.82) is 0 Å². The molecule has 1 amide bonds. The number of nitrogens with one attached hydrogen (secondary N) is 1. The largest absolute Gasteiger partial charge is 0.395 e. The van der Waals surface area contributed by atoms with Gasteiger partial charge in [0, 0.05) is 18.6 Å². The average Bonchev–Trinajstić information content (AvgIpc) is 3.13. The number of rotatable bonds is 4. The van der Waals surface area contributed by atoms with Crippen LogP contribution in [0.4, 0.5) is 0 Å². The summed E-state index contributed by atoms with van der Waals surface area (Å²) in [4.78, 5) is 14.4. The number of hydrogen-bond donors (Lipinski definition) is 2. The first-order valence-corrected chi connectivity index (χ1v) is 7.47. The quantitative estimate of drug-likeness (QED) is 0.781. The highest BCUT2D eigenvalue weighted by Gasteiger charge is 2.42. The van der Waals surface area contributed by atoms with Crippen molar-refractivity contribution in [2.75, 3.05) is 13.2 Å². The predicted octanol–water partition coefficient (Wildman–Crippen LogP) is 0.890. The minimum absolute atomic E-state index is 0.0187. The number of nitrogens with zero attached hydrogens (tertiary/aromatic N) is 1. The summed E-state index contributed by atoms with van der Waals surface area (Å²) in [6.07, 6.45) is 8.39. The lowest BCUT2D eigenvalue weighted by Gasteiger charge is -2.25. The van der Waals surface area contributed by atoms with Crippen LogP contribution in [0.25, 0.3) is 0 Å². The van der Waals surface area contributed by atoms with Crippen LogP contribution in [0.2, 0.25) is 0 Å². The van der Waals surface area contributed by atoms with E-state index >= 15 is 0 Å². The monoisotopic (exact) mass is 252 g/mol. The first-order chi connectivity index (χ1) is 8.79. The second kappa shape index (κ2) is 5.17. The van der Waals surface area contributed by atoms with Crippen LogP contribution >= 0.6 is 0 Å². The fraction of sp³-hybridized carbons (Fsp3) is 0.929. The van der Waals surface area contributed by atoms with E-state index in [0.29, 0.717) is 24.5 Å². The number of amides is 1. The molecular weight excluding hydrogens is 228 g/mol. The van der Waals surface area contributed by atoms with Crippen molar-refractivity contribution in [3.05, 3.63) is 0 Å². The van der Waals surface area contributed by atoms with Crippen molar-refractivity contribution < 1.29 is 9.90 Å². The Balaban J connectivity index is 1.61. The molecule has 2 saturated carbocycles. The first kappa shape index (κ1) is 12.4. The van der Waals surface area contributed by atoms with Gasteiger partial charge in [0.25, 0.3) is 0 Å². The Morgan fingerprint density at radius 1 is 1.22 bits per heavy atom. The summed E-state index contributed by atoms with van der Waals surface area (Å²) in [7, 11) is 0. The van der Waals surface area contributed by atoms with Gasteiger partial charge in [0.05, 0.1) is 12.6 Å². The van der Waals surface area contributed by atoms with E-state index in [9.17, 15) is 4.79 Å². The topological polar surface area (TPSA) is 52.6 Å². The number of fused-ring (bicyclic) bond motifs is 1. The SMILES string of the molecule is O=C(C1CC2CCCCC2N1)N(CCO)C1CC1. The van der Waals surface area contributed by atoms with Crippen LogP contribution in [0.15, 0.2) is 0 Å². The molecule has 0 spiro atoms. The van der Waals surface area contributed by atoms with Gasteiger partial charge in [-0.3, -0.25) is 4.79 Å². The van der Waals surface area contributed by atoms with Gasteiger partial charge in [-0.15, -0.1) is 0 Å². The first-order valence-electron chi connectivity index (χ1n) is 7.47. The van der Waals surface area contributed by atoms with Gasteiger partial charge < -0.3 is 15.3 Å². The Morgan fingerprint density at radius 3 is 2.67 bits per heavy atom. The second-order valence-corrected chi connectivity index (χ2v) is 6.09. The molecule has 18 heavy (non-hydrogen) atoms. The third-order valence-electron chi connectivity index (χ3n) is 4.77. The molecule has 0 aromatic rings. The molecule has 1 saturated heterocycles. The van der Waals surface area contributed by atoms with Crippen molar-refractivity contribution in [3.63, 3.8) is 0 Å².